The maximum Gasteiger partial charge on any atom is 0.401 e. The molecule has 0 saturated heterocycles. The number of halogens is 3. The standard InChI is InChI=1S/C23H26F3N5O2/c1-4-5-33-12-15-6-18-19(11-30-20(18)29-8-15)16-7-17(10-28-9-16)23(14(2)3,21(27)32)31-13-22(24,25)26/h4,6-11,14,31H,1,5,12-13H2,2-3H3,(H2,27,32)(H,29,30)/t23-/m0/s1. The summed E-state index contributed by atoms with van der Waals surface area (Å²) in [6.45, 7) is 6.25. The van der Waals surface area contributed by atoms with Crippen LogP contribution >= 0.6 is 0 Å². The summed E-state index contributed by atoms with van der Waals surface area (Å²) < 4.78 is 44.5. The Kier molecular flexibility index (Phi) is 7.19. The minimum absolute atomic E-state index is 0.250. The summed E-state index contributed by atoms with van der Waals surface area (Å²) in [6, 6.07) is 3.54. The lowest BCUT2D eigenvalue weighted by molar-refractivity contribution is -0.139. The molecule has 1 amide bonds. The molecule has 176 valence electrons. The number of hydrogen-bond donors (Lipinski definition) is 3. The van der Waals surface area contributed by atoms with Crippen molar-refractivity contribution in [2.45, 2.75) is 32.2 Å². The Bertz CT molecular complexity index is 1140. The summed E-state index contributed by atoms with van der Waals surface area (Å²) in [6.07, 6.45) is 3.49. The lowest BCUT2D eigenvalue weighted by Crippen LogP contribution is -2.58. The van der Waals surface area contributed by atoms with Crippen LogP contribution in [0.25, 0.3) is 22.2 Å². The number of fused-ring (bicyclic) bond motifs is 1. The zero-order chi connectivity index (χ0) is 24.2. The second-order valence-electron chi connectivity index (χ2n) is 8.00. The Hall–Kier alpha value is -3.24. The van der Waals surface area contributed by atoms with Gasteiger partial charge in [0.05, 0.1) is 19.8 Å². The molecule has 3 aromatic heterocycles. The zero-order valence-corrected chi connectivity index (χ0v) is 18.4. The van der Waals surface area contributed by atoms with E-state index in [9.17, 15) is 18.0 Å². The fourth-order valence-corrected chi connectivity index (χ4v) is 3.82. The lowest BCUT2D eigenvalue weighted by Gasteiger charge is -2.36. The van der Waals surface area contributed by atoms with Gasteiger partial charge in [0.1, 0.15) is 11.2 Å². The minimum atomic E-state index is -4.52. The predicted octanol–water partition coefficient (Wildman–Crippen LogP) is 3.82. The number of ether oxygens (including phenoxy) is 1. The van der Waals surface area contributed by atoms with E-state index in [0.29, 0.717) is 24.4 Å². The molecule has 0 unspecified atom stereocenters. The Morgan fingerprint density at radius 1 is 1.30 bits per heavy atom. The number of nitrogens with zero attached hydrogens (tertiary/aromatic N) is 2. The van der Waals surface area contributed by atoms with E-state index in [2.05, 4.69) is 26.8 Å². The Morgan fingerprint density at radius 2 is 2.06 bits per heavy atom. The van der Waals surface area contributed by atoms with Gasteiger partial charge in [-0.3, -0.25) is 15.1 Å². The normalized spacial score (nSPS) is 13.9. The van der Waals surface area contributed by atoms with E-state index in [1.54, 1.807) is 44.6 Å². The number of nitrogens with one attached hydrogen (secondary N) is 2. The molecule has 3 aromatic rings. The van der Waals surface area contributed by atoms with E-state index in [0.717, 1.165) is 16.5 Å². The molecule has 0 bridgehead atoms. The van der Waals surface area contributed by atoms with Crippen molar-refractivity contribution in [2.24, 2.45) is 11.7 Å². The summed E-state index contributed by atoms with van der Waals surface area (Å²) in [5.74, 6) is -1.49. The number of carbonyl (C=O) groups excluding carboxylic acids is 1. The molecule has 0 aliphatic rings. The number of aromatic nitrogens is 3. The number of amides is 1. The first-order chi connectivity index (χ1) is 15.6. The van der Waals surface area contributed by atoms with E-state index in [1.165, 1.54) is 6.20 Å². The van der Waals surface area contributed by atoms with Gasteiger partial charge in [-0.25, -0.2) is 4.98 Å². The van der Waals surface area contributed by atoms with E-state index in [-0.39, 0.29) is 5.56 Å². The number of primary amides is 1. The number of rotatable bonds is 10. The number of pyridine rings is 2. The van der Waals surface area contributed by atoms with Crippen LogP contribution in [0.1, 0.15) is 25.0 Å². The van der Waals surface area contributed by atoms with Gasteiger partial charge in [-0.2, -0.15) is 13.2 Å². The van der Waals surface area contributed by atoms with Crippen molar-refractivity contribution in [3.05, 3.63) is 60.7 Å². The first-order valence-corrected chi connectivity index (χ1v) is 10.3. The van der Waals surface area contributed by atoms with Crippen molar-refractivity contribution in [3.63, 3.8) is 0 Å². The maximum atomic E-state index is 13.0. The van der Waals surface area contributed by atoms with Crippen LogP contribution in [0.15, 0.2) is 49.6 Å². The minimum Gasteiger partial charge on any atom is -0.373 e. The van der Waals surface area contributed by atoms with Gasteiger partial charge in [0.25, 0.3) is 0 Å². The molecule has 1 atom stereocenters. The summed E-state index contributed by atoms with van der Waals surface area (Å²) in [4.78, 5) is 24.2. The van der Waals surface area contributed by atoms with Gasteiger partial charge < -0.3 is 15.5 Å². The van der Waals surface area contributed by atoms with Crippen molar-refractivity contribution in [2.75, 3.05) is 13.2 Å². The van der Waals surface area contributed by atoms with Gasteiger partial charge in [-0.05, 0) is 23.6 Å². The SMILES string of the molecule is C=CCOCc1cnc2[nH]cc(-c3cncc([C@](NCC(F)(F)F)(C(N)=O)C(C)C)c3)c2c1. The quantitative estimate of drug-likeness (QED) is 0.314. The molecule has 10 heteroatoms. The number of nitrogens with two attached hydrogens (primary N) is 1. The highest BCUT2D eigenvalue weighted by atomic mass is 19.4. The van der Waals surface area contributed by atoms with Crippen LogP contribution in [-0.2, 0) is 21.7 Å². The number of H-pyrrole nitrogens is 1. The third-order valence-electron chi connectivity index (χ3n) is 5.42. The molecule has 0 saturated carbocycles. The Labute approximate surface area is 189 Å². The number of alkyl halides is 3. The van der Waals surface area contributed by atoms with E-state index in [4.69, 9.17) is 10.5 Å². The van der Waals surface area contributed by atoms with Crippen LogP contribution in [0, 0.1) is 5.92 Å². The topological polar surface area (TPSA) is 106 Å². The molecule has 0 radical (unpaired) electrons. The van der Waals surface area contributed by atoms with Crippen LogP contribution < -0.4 is 11.1 Å². The molecule has 7 nitrogen and oxygen atoms in total. The van der Waals surface area contributed by atoms with Gasteiger partial charge in [0.2, 0.25) is 5.91 Å². The van der Waals surface area contributed by atoms with Crippen LogP contribution in [0.5, 0.6) is 0 Å². The molecule has 4 N–H and O–H groups in total. The average Bonchev–Trinajstić information content (AvgIpc) is 3.17. The number of aromatic amines is 1. The van der Waals surface area contributed by atoms with Crippen molar-refractivity contribution < 1.29 is 22.7 Å². The predicted molar refractivity (Wildman–Crippen MR) is 119 cm³/mol. The first-order valence-electron chi connectivity index (χ1n) is 10.3. The number of hydrogen-bond acceptors (Lipinski definition) is 5. The van der Waals surface area contributed by atoms with Gasteiger partial charge in [0.15, 0.2) is 0 Å². The van der Waals surface area contributed by atoms with Gasteiger partial charge in [-0.1, -0.05) is 19.9 Å². The molecule has 3 rings (SSSR count). The highest BCUT2D eigenvalue weighted by Crippen LogP contribution is 2.35. The smallest absolute Gasteiger partial charge is 0.373 e. The summed E-state index contributed by atoms with van der Waals surface area (Å²) in [7, 11) is 0. The third-order valence-corrected chi connectivity index (χ3v) is 5.42. The van der Waals surface area contributed by atoms with Crippen molar-refractivity contribution >= 4 is 16.9 Å². The molecular formula is C23H26F3N5O2. The second-order valence-corrected chi connectivity index (χ2v) is 8.00. The molecule has 0 aliphatic carbocycles. The molecular weight excluding hydrogens is 435 g/mol. The van der Waals surface area contributed by atoms with Crippen LogP contribution in [0.2, 0.25) is 0 Å². The van der Waals surface area contributed by atoms with E-state index < -0.39 is 30.1 Å². The summed E-state index contributed by atoms with van der Waals surface area (Å²) in [5, 5.41) is 3.14. The fourth-order valence-electron chi connectivity index (χ4n) is 3.82. The van der Waals surface area contributed by atoms with Crippen molar-refractivity contribution in [1.29, 1.82) is 0 Å². The molecule has 0 spiro atoms. The molecule has 33 heavy (non-hydrogen) atoms. The number of carbonyl (C=O) groups is 1. The zero-order valence-electron chi connectivity index (χ0n) is 18.4. The Balaban J connectivity index is 2.06. The summed E-state index contributed by atoms with van der Waals surface area (Å²) >= 11 is 0. The third kappa shape index (κ3) is 5.23. The fraction of sp³-hybridized carbons (Fsp3) is 0.348. The summed E-state index contributed by atoms with van der Waals surface area (Å²) in [5.41, 5.74) is 6.93. The molecule has 0 fully saturated rings. The maximum absolute atomic E-state index is 13.0. The molecule has 3 heterocycles. The molecule has 0 aromatic carbocycles. The average molecular weight is 461 g/mol. The van der Waals surface area contributed by atoms with Crippen molar-refractivity contribution in [3.8, 4) is 11.1 Å². The van der Waals surface area contributed by atoms with Crippen LogP contribution in [0.3, 0.4) is 0 Å². The van der Waals surface area contributed by atoms with Gasteiger partial charge in [0, 0.05) is 46.9 Å². The molecule has 0 aliphatic heterocycles. The monoisotopic (exact) mass is 461 g/mol. The second kappa shape index (κ2) is 9.72. The van der Waals surface area contributed by atoms with Gasteiger partial charge in [-0.15, -0.1) is 6.58 Å². The largest absolute Gasteiger partial charge is 0.401 e. The van der Waals surface area contributed by atoms with Crippen LogP contribution in [-0.4, -0.2) is 40.2 Å². The lowest BCUT2D eigenvalue weighted by atomic mass is 9.79. The highest BCUT2D eigenvalue weighted by Gasteiger charge is 2.44. The van der Waals surface area contributed by atoms with Crippen LogP contribution in [0.4, 0.5) is 13.2 Å². The Morgan fingerprint density at radius 3 is 2.70 bits per heavy atom. The first kappa shape index (κ1) is 24.4. The van der Waals surface area contributed by atoms with E-state index >= 15 is 0 Å². The van der Waals surface area contributed by atoms with Crippen molar-refractivity contribution in [1.82, 2.24) is 20.3 Å². The van der Waals surface area contributed by atoms with Gasteiger partial charge >= 0.3 is 6.18 Å². The van der Waals surface area contributed by atoms with E-state index in [1.807, 2.05) is 6.07 Å². The highest BCUT2D eigenvalue weighted by molar-refractivity contribution is 5.94.